The summed E-state index contributed by atoms with van der Waals surface area (Å²) in [4.78, 5) is 24.4. The Morgan fingerprint density at radius 2 is 1.71 bits per heavy atom. The maximum absolute atomic E-state index is 13.6. The first-order chi connectivity index (χ1) is 17.7. The molecule has 0 atom stereocenters. The van der Waals surface area contributed by atoms with Crippen molar-refractivity contribution in [3.8, 4) is 11.1 Å². The maximum Gasteiger partial charge on any atom is 0.408 e. The van der Waals surface area contributed by atoms with Gasteiger partial charge in [0.25, 0.3) is 5.56 Å². The molecule has 1 N–H and O–H groups in total. The number of aryl methyl sites for hydroxylation is 1. The van der Waals surface area contributed by atoms with Gasteiger partial charge in [0.05, 0.1) is 17.2 Å². The number of sulfone groups is 1. The Labute approximate surface area is 220 Å². The molecule has 2 aromatic carbocycles. The molecule has 1 aliphatic rings. The highest BCUT2D eigenvalue weighted by Gasteiger charge is 2.25. The van der Waals surface area contributed by atoms with Gasteiger partial charge in [-0.25, -0.2) is 17.6 Å². The summed E-state index contributed by atoms with van der Waals surface area (Å²) in [7, 11) is -0.479. The van der Waals surface area contributed by atoms with Crippen LogP contribution in [0.15, 0.2) is 64.6 Å². The number of rotatable bonds is 5. The normalized spacial score (nSPS) is 13.2. The molecule has 0 saturated carbocycles. The average Bonchev–Trinajstić information content (AvgIpc) is 2.92. The quantitative estimate of drug-likeness (QED) is 0.527. The number of halogens is 1. The Hall–Kier alpha value is -3.99. The number of pyridine rings is 1. The third kappa shape index (κ3) is 6.10. The Morgan fingerprint density at radius 1 is 1.03 bits per heavy atom. The number of hydrogen-bond acceptors (Lipinski definition) is 7. The van der Waals surface area contributed by atoms with Crippen molar-refractivity contribution in [2.24, 2.45) is 12.1 Å². The molecule has 0 saturated heterocycles. The summed E-state index contributed by atoms with van der Waals surface area (Å²) in [6.45, 7) is 5.27. The molecule has 0 spiro atoms. The van der Waals surface area contributed by atoms with Crippen molar-refractivity contribution in [3.63, 3.8) is 0 Å². The number of amides is 1. The molecule has 1 aliphatic heterocycles. The Kier molecular flexibility index (Phi) is 7.16. The molecule has 9 nitrogen and oxygen atoms in total. The highest BCUT2D eigenvalue weighted by Crippen LogP contribution is 2.37. The molecule has 3 aromatic rings. The highest BCUT2D eigenvalue weighted by molar-refractivity contribution is 7.90. The van der Waals surface area contributed by atoms with Gasteiger partial charge in [0.2, 0.25) is 0 Å². The van der Waals surface area contributed by atoms with E-state index in [1.54, 1.807) is 76.4 Å². The lowest BCUT2D eigenvalue weighted by molar-refractivity contribution is 0.154. The smallest absolute Gasteiger partial charge is 0.408 e. The molecule has 11 heteroatoms. The zero-order chi connectivity index (χ0) is 27.8. The minimum Gasteiger partial charge on any atom is -0.433 e. The van der Waals surface area contributed by atoms with Crippen molar-refractivity contribution >= 4 is 27.3 Å². The van der Waals surface area contributed by atoms with E-state index in [4.69, 9.17) is 9.84 Å². The van der Waals surface area contributed by atoms with Crippen LogP contribution in [0.2, 0.25) is 0 Å². The van der Waals surface area contributed by atoms with Crippen LogP contribution in [-0.4, -0.2) is 43.3 Å². The van der Waals surface area contributed by atoms with Crippen LogP contribution in [0.4, 0.5) is 14.9 Å². The first kappa shape index (κ1) is 27.1. The number of alkyl carbamates (subject to hydrolysis) is 1. The maximum atomic E-state index is 13.6. The topological polar surface area (TPSA) is 110 Å². The second kappa shape index (κ2) is 10.1. The van der Waals surface area contributed by atoms with Crippen molar-refractivity contribution in [3.05, 3.63) is 87.6 Å². The number of hydrazone groups is 1. The standard InChI is InChI=1S/C27H29FN4O5S/c1-27(2,3)29-26(34)37-16-38(35,36)15-17-6-11-20-21(12-17)22-14-31(4)24(33)13-23(22)32(5)30-25(20)18-7-9-19(28)10-8-18/h6-14H,15-16H2,1-5H3,(H,29,34). The minimum absolute atomic E-state index is 0.234. The number of nitrogens with zero attached hydrogens (tertiary/aromatic N) is 3. The number of hydrogen-bond donors (Lipinski definition) is 1. The summed E-state index contributed by atoms with van der Waals surface area (Å²) >= 11 is 0. The fourth-order valence-electron chi connectivity index (χ4n) is 4.07. The number of nitrogens with one attached hydrogen (secondary N) is 1. The first-order valence-corrected chi connectivity index (χ1v) is 13.6. The lowest BCUT2D eigenvalue weighted by Crippen LogP contribution is -2.41. The molecular formula is C27H29FN4O5S. The van der Waals surface area contributed by atoms with Gasteiger partial charge in [-0.3, -0.25) is 9.80 Å². The van der Waals surface area contributed by atoms with Crippen molar-refractivity contribution in [1.82, 2.24) is 9.88 Å². The van der Waals surface area contributed by atoms with Crippen molar-refractivity contribution < 1.29 is 22.3 Å². The van der Waals surface area contributed by atoms with Crippen LogP contribution >= 0.6 is 0 Å². The zero-order valence-electron chi connectivity index (χ0n) is 21.8. The van der Waals surface area contributed by atoms with Crippen LogP contribution in [0.1, 0.15) is 37.5 Å². The van der Waals surface area contributed by atoms with Crippen LogP contribution in [0.3, 0.4) is 0 Å². The van der Waals surface area contributed by atoms with Gasteiger partial charge in [0.1, 0.15) is 5.82 Å². The number of carbonyl (C=O) groups is 1. The molecule has 0 unspecified atom stereocenters. The van der Waals surface area contributed by atoms with Crippen LogP contribution in [-0.2, 0) is 27.4 Å². The van der Waals surface area contributed by atoms with E-state index in [1.165, 1.54) is 22.8 Å². The van der Waals surface area contributed by atoms with Gasteiger partial charge in [0, 0.05) is 48.6 Å². The van der Waals surface area contributed by atoms with Crippen molar-refractivity contribution in [2.75, 3.05) is 18.0 Å². The van der Waals surface area contributed by atoms with Gasteiger partial charge in [-0.1, -0.05) is 12.1 Å². The van der Waals surface area contributed by atoms with E-state index in [-0.39, 0.29) is 17.1 Å². The Balaban J connectivity index is 1.75. The van der Waals surface area contributed by atoms with E-state index in [0.29, 0.717) is 39.2 Å². The summed E-state index contributed by atoms with van der Waals surface area (Å²) in [5.74, 6) is -1.53. The summed E-state index contributed by atoms with van der Waals surface area (Å²) in [6, 6.07) is 12.5. The van der Waals surface area contributed by atoms with Crippen molar-refractivity contribution in [1.29, 1.82) is 0 Å². The molecule has 0 aliphatic carbocycles. The molecule has 0 fully saturated rings. The minimum atomic E-state index is -3.81. The first-order valence-electron chi connectivity index (χ1n) is 11.8. The highest BCUT2D eigenvalue weighted by atomic mass is 32.2. The predicted molar refractivity (Wildman–Crippen MR) is 144 cm³/mol. The summed E-state index contributed by atoms with van der Waals surface area (Å²) in [5.41, 5.74) is 3.39. The molecule has 4 rings (SSSR count). The van der Waals surface area contributed by atoms with Gasteiger partial charge in [-0.2, -0.15) is 5.10 Å². The number of ether oxygens (including phenoxy) is 1. The molecule has 38 heavy (non-hydrogen) atoms. The van der Waals surface area contributed by atoms with Gasteiger partial charge < -0.3 is 14.6 Å². The van der Waals surface area contributed by atoms with Crippen LogP contribution in [0.5, 0.6) is 0 Å². The second-order valence-corrected chi connectivity index (χ2v) is 12.2. The third-order valence-electron chi connectivity index (χ3n) is 5.79. The molecule has 1 aromatic heterocycles. The second-order valence-electron chi connectivity index (χ2n) is 10.2. The van der Waals surface area contributed by atoms with Gasteiger partial charge in [-0.15, -0.1) is 0 Å². The number of anilines is 1. The van der Waals surface area contributed by atoms with E-state index in [1.807, 2.05) is 0 Å². The average molecular weight is 541 g/mol. The van der Waals surface area contributed by atoms with E-state index in [9.17, 15) is 22.4 Å². The summed E-state index contributed by atoms with van der Waals surface area (Å²) < 4.78 is 45.6. The molecule has 1 amide bonds. The summed E-state index contributed by atoms with van der Waals surface area (Å²) in [6.07, 6.45) is 0.856. The van der Waals surface area contributed by atoms with Crippen LogP contribution in [0.25, 0.3) is 11.1 Å². The third-order valence-corrected chi connectivity index (χ3v) is 7.04. The fourth-order valence-corrected chi connectivity index (χ4v) is 5.12. The summed E-state index contributed by atoms with van der Waals surface area (Å²) in [5, 5.41) is 8.84. The molecule has 2 heterocycles. The van der Waals surface area contributed by atoms with Gasteiger partial charge >= 0.3 is 6.09 Å². The van der Waals surface area contributed by atoms with E-state index in [0.717, 1.165) is 0 Å². The lowest BCUT2D eigenvalue weighted by atomic mass is 9.92. The SMILES string of the molecule is CN1N=C(c2ccc(F)cc2)c2ccc(CS(=O)(=O)COC(=O)NC(C)(C)C)cc2-c2cn(C)c(=O)cc21. The Morgan fingerprint density at radius 3 is 2.37 bits per heavy atom. The lowest BCUT2D eigenvalue weighted by Gasteiger charge is -2.20. The Bertz CT molecular complexity index is 1590. The van der Waals surface area contributed by atoms with E-state index in [2.05, 4.69) is 5.32 Å². The van der Waals surface area contributed by atoms with Gasteiger partial charge in [-0.05, 0) is 62.2 Å². The molecular weight excluding hydrogens is 511 g/mol. The zero-order valence-corrected chi connectivity index (χ0v) is 22.6. The fraction of sp³-hybridized carbons (Fsp3) is 0.296. The molecule has 0 bridgehead atoms. The monoisotopic (exact) mass is 540 g/mol. The number of carbonyl (C=O) groups excluding carboxylic acids is 1. The number of fused-ring (bicyclic) bond motifs is 3. The molecule has 200 valence electrons. The van der Waals surface area contributed by atoms with Gasteiger partial charge in [0.15, 0.2) is 15.8 Å². The van der Waals surface area contributed by atoms with Crippen LogP contribution < -0.4 is 15.9 Å². The molecule has 0 radical (unpaired) electrons. The van der Waals surface area contributed by atoms with E-state index < -0.39 is 27.4 Å². The number of aromatic nitrogens is 1. The van der Waals surface area contributed by atoms with Crippen molar-refractivity contribution in [2.45, 2.75) is 32.1 Å². The number of benzene rings is 2. The van der Waals surface area contributed by atoms with Crippen LogP contribution in [0, 0.1) is 5.82 Å². The predicted octanol–water partition coefficient (Wildman–Crippen LogP) is 3.79. The van der Waals surface area contributed by atoms with E-state index >= 15 is 0 Å². The largest absolute Gasteiger partial charge is 0.433 e.